The van der Waals surface area contributed by atoms with Gasteiger partial charge in [-0.1, -0.05) is 0 Å². The highest BCUT2D eigenvalue weighted by molar-refractivity contribution is 7.89. The van der Waals surface area contributed by atoms with Crippen LogP contribution in [-0.4, -0.2) is 34.0 Å². The fraction of sp³-hybridized carbons (Fsp3) is 0.200. The Morgan fingerprint density at radius 2 is 1.95 bits per heavy atom. The van der Waals surface area contributed by atoms with Crippen LogP contribution < -0.4 is 15.6 Å². The number of methoxy groups -OCH3 is 1. The van der Waals surface area contributed by atoms with Gasteiger partial charge in [0.2, 0.25) is 10.0 Å². The lowest BCUT2D eigenvalue weighted by molar-refractivity contribution is -0.121. The van der Waals surface area contributed by atoms with Crippen molar-refractivity contribution in [3.63, 3.8) is 0 Å². The molecule has 0 radical (unpaired) electrons. The summed E-state index contributed by atoms with van der Waals surface area (Å²) in [6.07, 6.45) is 0. The number of ether oxygens (including phenoxy) is 2. The summed E-state index contributed by atoms with van der Waals surface area (Å²) < 4.78 is 31.8. The largest absolute Gasteiger partial charge is 0.496 e. The number of amides is 1. The van der Waals surface area contributed by atoms with E-state index < -0.39 is 28.5 Å². The fourth-order valence-corrected chi connectivity index (χ4v) is 1.78. The second-order valence-corrected chi connectivity index (χ2v) is 5.01. The van der Waals surface area contributed by atoms with Crippen molar-refractivity contribution in [3.8, 4) is 5.75 Å². The summed E-state index contributed by atoms with van der Waals surface area (Å²) in [6.45, 7) is -0.623. The third-order valence-electron chi connectivity index (χ3n) is 2.06. The number of primary amides is 1. The van der Waals surface area contributed by atoms with Crippen LogP contribution in [0.25, 0.3) is 0 Å². The topological polar surface area (TPSA) is 139 Å². The van der Waals surface area contributed by atoms with E-state index in [0.717, 1.165) is 6.07 Å². The van der Waals surface area contributed by atoms with Crippen LogP contribution >= 0.6 is 0 Å². The molecular formula is C10H12N2O6S. The van der Waals surface area contributed by atoms with Gasteiger partial charge in [0.1, 0.15) is 11.3 Å². The molecule has 0 unspecified atom stereocenters. The Morgan fingerprint density at radius 1 is 1.32 bits per heavy atom. The first-order valence-corrected chi connectivity index (χ1v) is 6.46. The number of carbonyl (C=O) groups excluding carboxylic acids is 2. The van der Waals surface area contributed by atoms with Gasteiger partial charge in [-0.3, -0.25) is 4.79 Å². The number of benzene rings is 1. The van der Waals surface area contributed by atoms with E-state index in [9.17, 15) is 18.0 Å². The maximum Gasteiger partial charge on any atom is 0.342 e. The molecular weight excluding hydrogens is 276 g/mol. The summed E-state index contributed by atoms with van der Waals surface area (Å²) in [5.74, 6) is -1.70. The van der Waals surface area contributed by atoms with Crippen molar-refractivity contribution in [2.45, 2.75) is 4.90 Å². The fourth-order valence-electron chi connectivity index (χ4n) is 1.24. The molecule has 1 aromatic rings. The lowest BCUT2D eigenvalue weighted by Crippen LogP contribution is -2.21. The van der Waals surface area contributed by atoms with Gasteiger partial charge in [0, 0.05) is 0 Å². The molecule has 104 valence electrons. The third-order valence-corrected chi connectivity index (χ3v) is 2.98. The van der Waals surface area contributed by atoms with Gasteiger partial charge in [-0.05, 0) is 18.2 Å². The number of primary sulfonamides is 1. The van der Waals surface area contributed by atoms with Crippen LogP contribution in [0.15, 0.2) is 23.1 Å². The summed E-state index contributed by atoms with van der Waals surface area (Å²) >= 11 is 0. The summed E-state index contributed by atoms with van der Waals surface area (Å²) in [7, 11) is -2.68. The minimum Gasteiger partial charge on any atom is -0.496 e. The minimum absolute atomic E-state index is 0.0851. The van der Waals surface area contributed by atoms with E-state index in [-0.39, 0.29) is 16.2 Å². The van der Waals surface area contributed by atoms with Gasteiger partial charge in [0.25, 0.3) is 5.91 Å². The molecule has 1 rings (SSSR count). The molecule has 0 aliphatic rings. The maximum absolute atomic E-state index is 11.7. The SMILES string of the molecule is COc1ccc(S(N)(=O)=O)cc1C(=O)OCC(N)=O. The highest BCUT2D eigenvalue weighted by Crippen LogP contribution is 2.22. The van der Waals surface area contributed by atoms with Crippen LogP contribution in [0.3, 0.4) is 0 Å². The molecule has 4 N–H and O–H groups in total. The Hall–Kier alpha value is -2.13. The second kappa shape index (κ2) is 5.67. The maximum atomic E-state index is 11.7. The molecule has 0 heterocycles. The van der Waals surface area contributed by atoms with Crippen LogP contribution in [-0.2, 0) is 19.6 Å². The number of rotatable bonds is 5. The quantitative estimate of drug-likeness (QED) is 0.665. The molecule has 1 aromatic carbocycles. The zero-order valence-corrected chi connectivity index (χ0v) is 10.8. The molecule has 0 aromatic heterocycles. The van der Waals surface area contributed by atoms with Crippen LogP contribution in [0.1, 0.15) is 10.4 Å². The smallest absolute Gasteiger partial charge is 0.342 e. The molecule has 19 heavy (non-hydrogen) atoms. The zero-order chi connectivity index (χ0) is 14.6. The van der Waals surface area contributed by atoms with Gasteiger partial charge in [-0.15, -0.1) is 0 Å². The summed E-state index contributed by atoms with van der Waals surface area (Å²) in [4.78, 5) is 21.9. The van der Waals surface area contributed by atoms with E-state index in [0.29, 0.717) is 0 Å². The first-order chi connectivity index (χ1) is 8.75. The van der Waals surface area contributed by atoms with Gasteiger partial charge in [-0.2, -0.15) is 0 Å². The predicted molar refractivity (Wildman–Crippen MR) is 63.8 cm³/mol. The summed E-state index contributed by atoms with van der Waals surface area (Å²) in [6, 6.07) is 3.43. The molecule has 0 spiro atoms. The molecule has 0 bridgehead atoms. The first kappa shape index (κ1) is 14.9. The van der Waals surface area contributed by atoms with Gasteiger partial charge < -0.3 is 15.2 Å². The monoisotopic (exact) mass is 288 g/mol. The Balaban J connectivity index is 3.16. The first-order valence-electron chi connectivity index (χ1n) is 4.92. The molecule has 0 saturated carbocycles. The molecule has 0 saturated heterocycles. The number of sulfonamides is 1. The molecule has 0 atom stereocenters. The average molecular weight is 288 g/mol. The Morgan fingerprint density at radius 3 is 2.42 bits per heavy atom. The molecule has 1 amide bonds. The van der Waals surface area contributed by atoms with Crippen LogP contribution in [0, 0.1) is 0 Å². The van der Waals surface area contributed by atoms with Crippen molar-refractivity contribution in [3.05, 3.63) is 23.8 Å². The zero-order valence-electron chi connectivity index (χ0n) is 9.95. The lowest BCUT2D eigenvalue weighted by Gasteiger charge is -2.09. The van der Waals surface area contributed by atoms with Crippen molar-refractivity contribution in [1.82, 2.24) is 0 Å². The van der Waals surface area contributed by atoms with Crippen molar-refractivity contribution in [2.75, 3.05) is 13.7 Å². The van der Waals surface area contributed by atoms with Crippen molar-refractivity contribution in [2.24, 2.45) is 10.9 Å². The predicted octanol–water partition coefficient (Wildman–Crippen LogP) is -1.02. The third kappa shape index (κ3) is 3.93. The number of esters is 1. The van der Waals surface area contributed by atoms with Crippen LogP contribution in [0.4, 0.5) is 0 Å². The van der Waals surface area contributed by atoms with Gasteiger partial charge in [-0.25, -0.2) is 18.4 Å². The van der Waals surface area contributed by atoms with Crippen LogP contribution in [0.2, 0.25) is 0 Å². The molecule has 0 aliphatic carbocycles. The van der Waals surface area contributed by atoms with E-state index in [1.165, 1.54) is 19.2 Å². The Labute approximate surface area is 109 Å². The van der Waals surface area contributed by atoms with E-state index in [1.54, 1.807) is 0 Å². The molecule has 0 fully saturated rings. The van der Waals surface area contributed by atoms with Crippen molar-refractivity contribution < 1.29 is 27.5 Å². The molecule has 9 heteroatoms. The Kier molecular flexibility index (Phi) is 4.46. The number of hydrogen-bond acceptors (Lipinski definition) is 6. The molecule has 8 nitrogen and oxygen atoms in total. The average Bonchev–Trinajstić information content (AvgIpc) is 2.33. The second-order valence-electron chi connectivity index (χ2n) is 3.45. The van der Waals surface area contributed by atoms with Crippen molar-refractivity contribution in [1.29, 1.82) is 0 Å². The Bertz CT molecular complexity index is 610. The van der Waals surface area contributed by atoms with Crippen LogP contribution in [0.5, 0.6) is 5.75 Å². The highest BCUT2D eigenvalue weighted by Gasteiger charge is 2.18. The van der Waals surface area contributed by atoms with Crippen molar-refractivity contribution >= 4 is 21.9 Å². The summed E-state index contributed by atoms with van der Waals surface area (Å²) in [5.41, 5.74) is 4.65. The van der Waals surface area contributed by atoms with Gasteiger partial charge in [0.15, 0.2) is 6.61 Å². The van der Waals surface area contributed by atoms with E-state index in [1.807, 2.05) is 0 Å². The van der Waals surface area contributed by atoms with Gasteiger partial charge >= 0.3 is 5.97 Å². The molecule has 0 aliphatic heterocycles. The van der Waals surface area contributed by atoms with E-state index in [2.05, 4.69) is 4.74 Å². The normalized spacial score (nSPS) is 10.8. The standard InChI is InChI=1S/C10H12N2O6S/c1-17-8-3-2-6(19(12,15)16)4-7(8)10(14)18-5-9(11)13/h2-4H,5H2,1H3,(H2,11,13)(H2,12,15,16). The van der Waals surface area contributed by atoms with Gasteiger partial charge in [0.05, 0.1) is 12.0 Å². The van der Waals surface area contributed by atoms with E-state index >= 15 is 0 Å². The number of hydrogen-bond donors (Lipinski definition) is 2. The number of nitrogens with two attached hydrogens (primary N) is 2. The lowest BCUT2D eigenvalue weighted by atomic mass is 10.2. The summed E-state index contributed by atoms with van der Waals surface area (Å²) in [5, 5.41) is 4.94. The number of carbonyl (C=O) groups is 2. The van der Waals surface area contributed by atoms with E-state index in [4.69, 9.17) is 15.6 Å². The highest BCUT2D eigenvalue weighted by atomic mass is 32.2. The minimum atomic E-state index is -3.97.